The molecule has 1 saturated heterocycles. The van der Waals surface area contributed by atoms with Crippen molar-refractivity contribution in [1.29, 1.82) is 0 Å². The van der Waals surface area contributed by atoms with Gasteiger partial charge in [0.05, 0.1) is 0 Å². The second kappa shape index (κ2) is 8.12. The Balaban J connectivity index is 1.61. The van der Waals surface area contributed by atoms with Crippen molar-refractivity contribution in [3.05, 3.63) is 65.2 Å². The van der Waals surface area contributed by atoms with Gasteiger partial charge in [-0.2, -0.15) is 0 Å². The lowest BCUT2D eigenvalue weighted by molar-refractivity contribution is 0.0664. The summed E-state index contributed by atoms with van der Waals surface area (Å²) in [5.41, 5.74) is 8.41. The van der Waals surface area contributed by atoms with Crippen molar-refractivity contribution in [1.82, 2.24) is 9.80 Å². The van der Waals surface area contributed by atoms with Gasteiger partial charge in [-0.05, 0) is 49.0 Å². The number of carbonyl (C=O) groups is 2. The van der Waals surface area contributed by atoms with E-state index in [2.05, 4.69) is 17.3 Å². The molecule has 136 valence electrons. The number of likely N-dealkylation sites (N-methyl/N-ethyl adjacent to an activating group) is 1. The molecule has 1 heterocycles. The number of nitrogens with one attached hydrogen (secondary N) is 1. The van der Waals surface area contributed by atoms with Crippen LogP contribution in [0.5, 0.6) is 0 Å². The molecule has 0 saturated carbocycles. The van der Waals surface area contributed by atoms with Crippen LogP contribution in [-0.4, -0.2) is 54.8 Å². The van der Waals surface area contributed by atoms with Crippen LogP contribution in [0.25, 0.3) is 0 Å². The van der Waals surface area contributed by atoms with Gasteiger partial charge in [0.15, 0.2) is 0 Å². The van der Waals surface area contributed by atoms with Gasteiger partial charge in [0.2, 0.25) is 0 Å². The predicted molar refractivity (Wildman–Crippen MR) is 102 cm³/mol. The Morgan fingerprint density at radius 2 is 1.50 bits per heavy atom. The van der Waals surface area contributed by atoms with Gasteiger partial charge in [-0.15, -0.1) is 0 Å². The van der Waals surface area contributed by atoms with Crippen LogP contribution in [0.4, 0.5) is 5.69 Å². The summed E-state index contributed by atoms with van der Waals surface area (Å²) in [6, 6.07) is 14.2. The normalized spacial score (nSPS) is 14.9. The second-order valence-corrected chi connectivity index (χ2v) is 6.53. The maximum Gasteiger partial charge on any atom is 0.255 e. The molecule has 3 rings (SSSR count). The zero-order chi connectivity index (χ0) is 18.5. The molecule has 2 amide bonds. The van der Waals surface area contributed by atoms with Gasteiger partial charge in [0.25, 0.3) is 11.8 Å². The number of amides is 2. The van der Waals surface area contributed by atoms with Crippen molar-refractivity contribution in [2.75, 3.05) is 38.5 Å². The third-order valence-corrected chi connectivity index (χ3v) is 4.63. The van der Waals surface area contributed by atoms with E-state index in [9.17, 15) is 9.59 Å². The average molecular weight is 352 g/mol. The molecule has 0 unspecified atom stereocenters. The van der Waals surface area contributed by atoms with Crippen molar-refractivity contribution in [3.63, 3.8) is 0 Å². The first-order valence-corrected chi connectivity index (χ1v) is 8.75. The van der Waals surface area contributed by atoms with E-state index in [0.717, 1.165) is 31.7 Å². The average Bonchev–Trinajstić information content (AvgIpc) is 2.68. The van der Waals surface area contributed by atoms with E-state index in [4.69, 9.17) is 5.73 Å². The molecular weight excluding hydrogens is 328 g/mol. The number of hydrogen-bond acceptors (Lipinski definition) is 4. The van der Waals surface area contributed by atoms with Gasteiger partial charge in [-0.25, -0.2) is 0 Å². The lowest BCUT2D eigenvalue weighted by Crippen LogP contribution is -2.47. The number of rotatable bonds is 4. The molecule has 6 nitrogen and oxygen atoms in total. The molecule has 2 aromatic rings. The van der Waals surface area contributed by atoms with Crippen molar-refractivity contribution < 1.29 is 9.59 Å². The summed E-state index contributed by atoms with van der Waals surface area (Å²) in [7, 11) is 2.06. The molecule has 0 bridgehead atoms. The van der Waals surface area contributed by atoms with Crippen LogP contribution in [0.2, 0.25) is 0 Å². The van der Waals surface area contributed by atoms with Gasteiger partial charge < -0.3 is 20.9 Å². The quantitative estimate of drug-likeness (QED) is 0.879. The van der Waals surface area contributed by atoms with Crippen LogP contribution in [0.3, 0.4) is 0 Å². The van der Waals surface area contributed by atoms with Crippen LogP contribution < -0.4 is 11.1 Å². The number of hydrogen-bond donors (Lipinski definition) is 2. The Morgan fingerprint density at radius 1 is 0.923 bits per heavy atom. The number of piperazine rings is 1. The van der Waals surface area contributed by atoms with E-state index >= 15 is 0 Å². The van der Waals surface area contributed by atoms with Crippen LogP contribution in [0.15, 0.2) is 48.5 Å². The number of carbonyl (C=O) groups excluding carboxylic acids is 2. The molecule has 26 heavy (non-hydrogen) atoms. The highest BCUT2D eigenvalue weighted by Crippen LogP contribution is 2.14. The molecule has 2 aromatic carbocycles. The van der Waals surface area contributed by atoms with Crippen molar-refractivity contribution in [3.8, 4) is 0 Å². The summed E-state index contributed by atoms with van der Waals surface area (Å²) < 4.78 is 0. The molecule has 6 heteroatoms. The van der Waals surface area contributed by atoms with Crippen LogP contribution in [0.1, 0.15) is 26.3 Å². The van der Waals surface area contributed by atoms with E-state index in [1.165, 1.54) is 0 Å². The van der Waals surface area contributed by atoms with Gasteiger partial charge in [-0.1, -0.05) is 12.1 Å². The monoisotopic (exact) mass is 352 g/mol. The minimum Gasteiger partial charge on any atom is -0.336 e. The van der Waals surface area contributed by atoms with Crippen LogP contribution in [-0.2, 0) is 6.54 Å². The van der Waals surface area contributed by atoms with E-state index in [0.29, 0.717) is 23.4 Å². The summed E-state index contributed by atoms with van der Waals surface area (Å²) in [5, 5.41) is 2.85. The van der Waals surface area contributed by atoms with Crippen molar-refractivity contribution in [2.45, 2.75) is 6.54 Å². The molecule has 1 fully saturated rings. The Kier molecular flexibility index (Phi) is 5.65. The highest BCUT2D eigenvalue weighted by molar-refractivity contribution is 6.04. The molecule has 1 aliphatic rings. The minimum atomic E-state index is -0.188. The zero-order valence-electron chi connectivity index (χ0n) is 14.9. The lowest BCUT2D eigenvalue weighted by Gasteiger charge is -2.32. The molecular formula is C20H24N4O2. The molecule has 1 aliphatic heterocycles. The minimum absolute atomic E-state index is 0.0355. The summed E-state index contributed by atoms with van der Waals surface area (Å²) >= 11 is 0. The number of nitrogens with two attached hydrogens (primary N) is 1. The number of anilines is 1. The first kappa shape index (κ1) is 18.1. The van der Waals surface area contributed by atoms with Crippen molar-refractivity contribution >= 4 is 17.5 Å². The fraction of sp³-hybridized carbons (Fsp3) is 0.300. The van der Waals surface area contributed by atoms with E-state index in [1.54, 1.807) is 36.4 Å². The zero-order valence-corrected chi connectivity index (χ0v) is 14.9. The molecule has 0 aliphatic carbocycles. The first-order valence-electron chi connectivity index (χ1n) is 8.75. The Morgan fingerprint density at radius 3 is 2.08 bits per heavy atom. The van der Waals surface area contributed by atoms with E-state index in [-0.39, 0.29) is 11.8 Å². The van der Waals surface area contributed by atoms with E-state index in [1.807, 2.05) is 17.0 Å². The number of benzene rings is 2. The van der Waals surface area contributed by atoms with Crippen molar-refractivity contribution in [2.24, 2.45) is 5.73 Å². The van der Waals surface area contributed by atoms with Crippen LogP contribution >= 0.6 is 0 Å². The highest BCUT2D eigenvalue weighted by Gasteiger charge is 2.20. The molecule has 0 atom stereocenters. The molecule has 0 aromatic heterocycles. The number of nitrogens with zero attached hydrogens (tertiary/aromatic N) is 2. The summed E-state index contributed by atoms with van der Waals surface area (Å²) in [5.74, 6) is -0.153. The van der Waals surface area contributed by atoms with E-state index < -0.39 is 0 Å². The summed E-state index contributed by atoms with van der Waals surface area (Å²) in [4.78, 5) is 28.9. The summed E-state index contributed by atoms with van der Waals surface area (Å²) in [6.45, 7) is 3.72. The SMILES string of the molecule is CN1CCN(C(=O)c2ccc(NC(=O)c3ccc(CN)cc3)cc2)CC1. The molecule has 0 radical (unpaired) electrons. The standard InChI is InChI=1S/C20H24N4O2/c1-23-10-12-24(13-11-23)20(26)17-6-8-18(9-7-17)22-19(25)16-4-2-15(14-21)3-5-16/h2-9H,10-14,21H2,1H3,(H,22,25). The summed E-state index contributed by atoms with van der Waals surface area (Å²) in [6.07, 6.45) is 0. The smallest absolute Gasteiger partial charge is 0.255 e. The fourth-order valence-corrected chi connectivity index (χ4v) is 2.88. The highest BCUT2D eigenvalue weighted by atomic mass is 16.2. The maximum absolute atomic E-state index is 12.5. The second-order valence-electron chi connectivity index (χ2n) is 6.53. The first-order chi connectivity index (χ1) is 12.6. The lowest BCUT2D eigenvalue weighted by atomic mass is 10.1. The Hall–Kier alpha value is -2.70. The molecule has 3 N–H and O–H groups in total. The van der Waals surface area contributed by atoms with Gasteiger partial charge >= 0.3 is 0 Å². The fourth-order valence-electron chi connectivity index (χ4n) is 2.88. The van der Waals surface area contributed by atoms with Gasteiger partial charge in [0.1, 0.15) is 0 Å². The third-order valence-electron chi connectivity index (χ3n) is 4.63. The topological polar surface area (TPSA) is 78.7 Å². The maximum atomic E-state index is 12.5. The van der Waals surface area contributed by atoms with Gasteiger partial charge in [0, 0.05) is 49.5 Å². The Bertz CT molecular complexity index is 763. The van der Waals surface area contributed by atoms with Gasteiger partial charge in [-0.3, -0.25) is 9.59 Å². The largest absolute Gasteiger partial charge is 0.336 e. The predicted octanol–water partition coefficient (Wildman–Crippen LogP) is 1.79. The molecule has 0 spiro atoms. The third kappa shape index (κ3) is 4.28. The van der Waals surface area contributed by atoms with Crippen LogP contribution in [0, 0.1) is 0 Å². The Labute approximate surface area is 153 Å².